The molecule has 148 valence electrons. The van der Waals surface area contributed by atoms with E-state index in [0.29, 0.717) is 17.2 Å². The van der Waals surface area contributed by atoms with Gasteiger partial charge in [-0.1, -0.05) is 18.2 Å². The first-order valence-electron chi connectivity index (χ1n) is 9.95. The molecule has 3 fully saturated rings. The van der Waals surface area contributed by atoms with E-state index in [9.17, 15) is 9.59 Å². The zero-order chi connectivity index (χ0) is 19.8. The molecule has 5 heterocycles. The van der Waals surface area contributed by atoms with Crippen LogP contribution >= 0.6 is 11.3 Å². The molecule has 2 amide bonds. The number of nitrogens with one attached hydrogen (secondary N) is 2. The molecule has 29 heavy (non-hydrogen) atoms. The van der Waals surface area contributed by atoms with Crippen molar-refractivity contribution < 1.29 is 9.59 Å². The van der Waals surface area contributed by atoms with Gasteiger partial charge in [0.15, 0.2) is 0 Å². The standard InChI is InChI=1S/C22H22N4O2S/c27-21(15-4-2-1-3-5-15)25-20-10-16-12-23-17(11-19(16)29-20)22(28)24-18-13-26-8-6-14(18)7-9-26/h1-5,10-12,14,18H,6-9,13H2,(H,24,28)(H,25,27)/t18-/m0/s1. The number of nitrogens with zero attached hydrogens (tertiary/aromatic N) is 2. The SMILES string of the molecule is O=C(Nc1cc2cnc(C(=O)N[C@H]3CN4CCC3CC4)cc2s1)c1ccccc1. The second-order valence-corrected chi connectivity index (χ2v) is 8.84. The first-order valence-corrected chi connectivity index (χ1v) is 10.8. The lowest BCUT2D eigenvalue weighted by Crippen LogP contribution is -2.57. The number of rotatable bonds is 4. The Morgan fingerprint density at radius 3 is 2.59 bits per heavy atom. The summed E-state index contributed by atoms with van der Waals surface area (Å²) in [7, 11) is 0. The summed E-state index contributed by atoms with van der Waals surface area (Å²) in [5.41, 5.74) is 1.04. The van der Waals surface area contributed by atoms with Crippen molar-refractivity contribution in [3.8, 4) is 0 Å². The van der Waals surface area contributed by atoms with Gasteiger partial charge in [-0.15, -0.1) is 11.3 Å². The summed E-state index contributed by atoms with van der Waals surface area (Å²) in [6.07, 6.45) is 4.02. The van der Waals surface area contributed by atoms with Crippen LogP contribution in [0, 0.1) is 5.92 Å². The van der Waals surface area contributed by atoms with Crippen molar-refractivity contribution in [1.82, 2.24) is 15.2 Å². The number of hydrogen-bond acceptors (Lipinski definition) is 5. The molecule has 2 N–H and O–H groups in total. The summed E-state index contributed by atoms with van der Waals surface area (Å²) < 4.78 is 0.933. The zero-order valence-electron chi connectivity index (χ0n) is 15.9. The van der Waals surface area contributed by atoms with Gasteiger partial charge in [-0.05, 0) is 56.1 Å². The van der Waals surface area contributed by atoms with Crippen molar-refractivity contribution in [2.45, 2.75) is 18.9 Å². The molecular formula is C22H22N4O2S. The van der Waals surface area contributed by atoms with Gasteiger partial charge in [-0.2, -0.15) is 0 Å². The van der Waals surface area contributed by atoms with Crippen LogP contribution in [0.4, 0.5) is 5.00 Å². The van der Waals surface area contributed by atoms with E-state index in [0.717, 1.165) is 47.6 Å². The summed E-state index contributed by atoms with van der Waals surface area (Å²) in [5, 5.41) is 7.77. The Hall–Kier alpha value is -2.77. The lowest BCUT2D eigenvalue weighted by atomic mass is 9.84. The maximum absolute atomic E-state index is 12.7. The lowest BCUT2D eigenvalue weighted by molar-refractivity contribution is 0.0618. The molecular weight excluding hydrogens is 384 g/mol. The molecule has 6 nitrogen and oxygen atoms in total. The fraction of sp³-hybridized carbons (Fsp3) is 0.318. The molecule has 1 atom stereocenters. The number of piperidine rings is 3. The van der Waals surface area contributed by atoms with E-state index < -0.39 is 0 Å². The molecule has 2 aromatic heterocycles. The van der Waals surface area contributed by atoms with Gasteiger partial charge in [0.2, 0.25) is 0 Å². The van der Waals surface area contributed by atoms with Crippen LogP contribution in [0.15, 0.2) is 48.7 Å². The van der Waals surface area contributed by atoms with Crippen LogP contribution < -0.4 is 10.6 Å². The minimum absolute atomic E-state index is 0.117. The molecule has 0 spiro atoms. The Balaban J connectivity index is 1.30. The zero-order valence-corrected chi connectivity index (χ0v) is 16.7. The highest BCUT2D eigenvalue weighted by Crippen LogP contribution is 2.31. The number of benzene rings is 1. The molecule has 3 aliphatic heterocycles. The number of carbonyl (C=O) groups excluding carboxylic acids is 2. The molecule has 0 unspecified atom stereocenters. The summed E-state index contributed by atoms with van der Waals surface area (Å²) in [4.78, 5) is 31.9. The molecule has 6 rings (SSSR count). The number of pyridine rings is 1. The van der Waals surface area contributed by atoms with Gasteiger partial charge in [0.05, 0.1) is 5.00 Å². The van der Waals surface area contributed by atoms with E-state index in [1.165, 1.54) is 11.3 Å². The molecule has 0 saturated carbocycles. The first kappa shape index (κ1) is 18.3. The predicted octanol–water partition coefficient (Wildman–Crippen LogP) is 3.37. The topological polar surface area (TPSA) is 74.3 Å². The minimum atomic E-state index is -0.148. The normalized spacial score (nSPS) is 23.1. The number of anilines is 1. The van der Waals surface area contributed by atoms with Gasteiger partial charge >= 0.3 is 0 Å². The maximum Gasteiger partial charge on any atom is 0.270 e. The Bertz CT molecular complexity index is 1060. The molecule has 7 heteroatoms. The maximum atomic E-state index is 12.7. The number of aromatic nitrogens is 1. The van der Waals surface area contributed by atoms with Crippen molar-refractivity contribution in [3.05, 3.63) is 59.9 Å². The monoisotopic (exact) mass is 406 g/mol. The number of hydrogen-bond donors (Lipinski definition) is 2. The summed E-state index contributed by atoms with van der Waals surface area (Å²) >= 11 is 1.45. The van der Waals surface area contributed by atoms with Crippen LogP contribution in [0.2, 0.25) is 0 Å². The van der Waals surface area contributed by atoms with Crippen LogP contribution in [0.3, 0.4) is 0 Å². The Morgan fingerprint density at radius 1 is 1.07 bits per heavy atom. The van der Waals surface area contributed by atoms with Crippen LogP contribution in [0.25, 0.3) is 10.1 Å². The molecule has 3 saturated heterocycles. The van der Waals surface area contributed by atoms with Crippen molar-refractivity contribution in [2.24, 2.45) is 5.92 Å². The smallest absolute Gasteiger partial charge is 0.270 e. The number of amides is 2. The van der Waals surface area contributed by atoms with E-state index in [4.69, 9.17) is 0 Å². The molecule has 3 aliphatic rings. The van der Waals surface area contributed by atoms with E-state index in [2.05, 4.69) is 20.5 Å². The molecule has 2 bridgehead atoms. The average Bonchev–Trinajstić information content (AvgIpc) is 3.16. The van der Waals surface area contributed by atoms with E-state index in [1.54, 1.807) is 18.3 Å². The van der Waals surface area contributed by atoms with Gasteiger partial charge in [0.1, 0.15) is 5.69 Å². The van der Waals surface area contributed by atoms with Crippen LogP contribution in [0.5, 0.6) is 0 Å². The highest BCUT2D eigenvalue weighted by atomic mass is 32.1. The van der Waals surface area contributed by atoms with Gasteiger partial charge < -0.3 is 15.5 Å². The van der Waals surface area contributed by atoms with E-state index in [-0.39, 0.29) is 17.9 Å². The Kier molecular flexibility index (Phi) is 4.77. The van der Waals surface area contributed by atoms with Crippen molar-refractivity contribution in [1.29, 1.82) is 0 Å². The van der Waals surface area contributed by atoms with Crippen molar-refractivity contribution >= 4 is 38.2 Å². The second kappa shape index (κ2) is 7.57. The van der Waals surface area contributed by atoms with Crippen LogP contribution in [0.1, 0.15) is 33.7 Å². The summed E-state index contributed by atoms with van der Waals surface area (Å²) in [6, 6.07) is 13.0. The predicted molar refractivity (Wildman–Crippen MR) is 114 cm³/mol. The third kappa shape index (κ3) is 3.75. The fourth-order valence-corrected chi connectivity index (χ4v) is 5.23. The summed E-state index contributed by atoms with van der Waals surface area (Å²) in [5.74, 6) is 0.313. The van der Waals surface area contributed by atoms with Gasteiger partial charge in [-0.3, -0.25) is 14.6 Å². The number of fused-ring (bicyclic) bond motifs is 4. The van der Waals surface area contributed by atoms with Crippen LogP contribution in [-0.4, -0.2) is 47.4 Å². The highest BCUT2D eigenvalue weighted by Gasteiger charge is 2.35. The summed E-state index contributed by atoms with van der Waals surface area (Å²) in [6.45, 7) is 3.23. The second-order valence-electron chi connectivity index (χ2n) is 7.76. The number of thiophene rings is 1. The van der Waals surface area contributed by atoms with Crippen molar-refractivity contribution in [3.63, 3.8) is 0 Å². The fourth-order valence-electron chi connectivity index (χ4n) is 4.26. The lowest BCUT2D eigenvalue weighted by Gasteiger charge is -2.44. The highest BCUT2D eigenvalue weighted by molar-refractivity contribution is 7.23. The third-order valence-corrected chi connectivity index (χ3v) is 6.89. The largest absolute Gasteiger partial charge is 0.346 e. The van der Waals surface area contributed by atoms with E-state index >= 15 is 0 Å². The van der Waals surface area contributed by atoms with E-state index in [1.807, 2.05) is 30.3 Å². The quantitative estimate of drug-likeness (QED) is 0.697. The van der Waals surface area contributed by atoms with Crippen molar-refractivity contribution in [2.75, 3.05) is 25.0 Å². The molecule has 3 aromatic rings. The molecule has 0 radical (unpaired) electrons. The molecule has 0 aliphatic carbocycles. The first-order chi connectivity index (χ1) is 14.2. The Morgan fingerprint density at radius 2 is 1.86 bits per heavy atom. The third-order valence-electron chi connectivity index (χ3n) is 5.88. The van der Waals surface area contributed by atoms with Crippen LogP contribution in [-0.2, 0) is 0 Å². The van der Waals surface area contributed by atoms with Gasteiger partial charge in [-0.25, -0.2) is 0 Å². The van der Waals surface area contributed by atoms with Gasteiger partial charge in [0, 0.05) is 34.4 Å². The molecule has 1 aromatic carbocycles. The number of carbonyl (C=O) groups is 2. The minimum Gasteiger partial charge on any atom is -0.346 e. The Labute approximate surface area is 172 Å². The average molecular weight is 407 g/mol. The van der Waals surface area contributed by atoms with Gasteiger partial charge in [0.25, 0.3) is 11.8 Å².